The number of esters is 1. The number of epoxide rings is 1. The quantitative estimate of drug-likeness (QED) is 0.350. The fourth-order valence-corrected chi connectivity index (χ4v) is 8.83. The zero-order valence-corrected chi connectivity index (χ0v) is 24.0. The highest BCUT2D eigenvalue weighted by atomic mass is 16.7. The smallest absolute Gasteiger partial charge is 0.341 e. The number of fused-ring (bicyclic) bond motifs is 2. The van der Waals surface area contributed by atoms with E-state index in [1.165, 1.54) is 25.7 Å². The number of ketones is 1. The number of aliphatic hydroxyl groups excluding tert-OH is 1. The van der Waals surface area contributed by atoms with Gasteiger partial charge in [-0.3, -0.25) is 4.79 Å². The Bertz CT molecular complexity index is 967. The van der Waals surface area contributed by atoms with E-state index in [1.807, 2.05) is 27.7 Å². The van der Waals surface area contributed by atoms with Crippen LogP contribution in [0.5, 0.6) is 0 Å². The van der Waals surface area contributed by atoms with Crippen molar-refractivity contribution in [3.8, 4) is 0 Å². The Hall–Kier alpha value is -1.10. The molecule has 9 heteroatoms. The van der Waals surface area contributed by atoms with Crippen LogP contribution in [-0.4, -0.2) is 77.4 Å². The molecule has 4 N–H and O–H groups in total. The van der Waals surface area contributed by atoms with Crippen molar-refractivity contribution in [2.24, 2.45) is 28.9 Å². The van der Waals surface area contributed by atoms with Crippen LogP contribution in [0.3, 0.4) is 0 Å². The normalized spacial score (nSPS) is 48.6. The molecule has 0 aromatic rings. The van der Waals surface area contributed by atoms with Gasteiger partial charge in [0.1, 0.15) is 11.9 Å². The minimum absolute atomic E-state index is 0.0411. The monoisotopic (exact) mass is 548 g/mol. The van der Waals surface area contributed by atoms with Crippen LogP contribution in [0.15, 0.2) is 0 Å². The van der Waals surface area contributed by atoms with Gasteiger partial charge in [-0.05, 0) is 84.1 Å². The predicted octanol–water partition coefficient (Wildman–Crippen LogP) is 2.60. The first-order valence-electron chi connectivity index (χ1n) is 15.3. The molecule has 9 nitrogen and oxygen atoms in total. The van der Waals surface area contributed by atoms with Crippen LogP contribution in [0.4, 0.5) is 0 Å². The highest BCUT2D eigenvalue weighted by Gasteiger charge is 2.64. The maximum atomic E-state index is 13.6. The Labute approximate surface area is 232 Å². The van der Waals surface area contributed by atoms with Gasteiger partial charge in [0.15, 0.2) is 5.60 Å². The molecule has 0 aromatic carbocycles. The molecule has 6 aliphatic rings. The second-order valence-corrected chi connectivity index (χ2v) is 14.2. The average Bonchev–Trinajstić information content (AvgIpc) is 3.27. The summed E-state index contributed by atoms with van der Waals surface area (Å²) < 4.78 is 24.8. The van der Waals surface area contributed by atoms with Crippen molar-refractivity contribution >= 4 is 11.8 Å². The first kappa shape index (κ1) is 28.0. The van der Waals surface area contributed by atoms with Crippen LogP contribution < -0.4 is 11.1 Å². The van der Waals surface area contributed by atoms with Crippen LogP contribution >= 0.6 is 0 Å². The summed E-state index contributed by atoms with van der Waals surface area (Å²) in [4.78, 5) is 26.4. The van der Waals surface area contributed by atoms with E-state index in [-0.39, 0.29) is 53.7 Å². The Kier molecular flexibility index (Phi) is 7.20. The number of carbonyl (C=O) groups is 2. The average molecular weight is 549 g/mol. The van der Waals surface area contributed by atoms with E-state index >= 15 is 0 Å². The molecular weight excluding hydrogens is 500 g/mol. The Morgan fingerprint density at radius 2 is 1.87 bits per heavy atom. The van der Waals surface area contributed by atoms with Gasteiger partial charge in [-0.1, -0.05) is 12.8 Å². The lowest BCUT2D eigenvalue weighted by Gasteiger charge is -2.53. The van der Waals surface area contributed by atoms with Crippen molar-refractivity contribution in [1.82, 2.24) is 5.32 Å². The van der Waals surface area contributed by atoms with Crippen molar-refractivity contribution in [1.29, 1.82) is 0 Å². The largest absolute Gasteiger partial charge is 0.457 e. The van der Waals surface area contributed by atoms with E-state index in [0.29, 0.717) is 25.2 Å². The molecule has 0 spiro atoms. The second-order valence-electron chi connectivity index (χ2n) is 14.2. The number of ether oxygens (including phenoxy) is 4. The molecule has 4 saturated heterocycles. The topological polar surface area (TPSA) is 133 Å². The number of aliphatic hydroxyl groups is 1. The summed E-state index contributed by atoms with van der Waals surface area (Å²) in [6.07, 6.45) is 6.84. The highest BCUT2D eigenvalue weighted by molar-refractivity contribution is 5.84. The second kappa shape index (κ2) is 10.0. The zero-order valence-electron chi connectivity index (χ0n) is 24.0. The number of rotatable bonds is 5. The number of piperidine rings is 1. The predicted molar refractivity (Wildman–Crippen MR) is 143 cm³/mol. The number of hydrogen-bond acceptors (Lipinski definition) is 9. The lowest BCUT2D eigenvalue weighted by Crippen LogP contribution is -2.63. The Balaban J connectivity index is 1.11. The van der Waals surface area contributed by atoms with Crippen molar-refractivity contribution in [2.75, 3.05) is 6.54 Å². The van der Waals surface area contributed by atoms with E-state index in [0.717, 1.165) is 25.8 Å². The molecule has 4 aliphatic heterocycles. The van der Waals surface area contributed by atoms with Crippen molar-refractivity contribution in [3.05, 3.63) is 0 Å². The zero-order chi connectivity index (χ0) is 27.7. The first-order valence-corrected chi connectivity index (χ1v) is 15.3. The molecule has 8 unspecified atom stereocenters. The molecule has 2 aliphatic carbocycles. The van der Waals surface area contributed by atoms with Gasteiger partial charge in [0.05, 0.1) is 48.2 Å². The van der Waals surface area contributed by atoms with Gasteiger partial charge in [0, 0.05) is 18.8 Å². The summed E-state index contributed by atoms with van der Waals surface area (Å²) in [6, 6.07) is 0. The first-order chi connectivity index (χ1) is 18.4. The lowest BCUT2D eigenvalue weighted by molar-refractivity contribution is -0.257. The van der Waals surface area contributed by atoms with Crippen molar-refractivity contribution in [3.63, 3.8) is 0 Å². The molecule has 11 atom stereocenters. The van der Waals surface area contributed by atoms with Gasteiger partial charge in [0.2, 0.25) is 0 Å². The molecule has 39 heavy (non-hydrogen) atoms. The third kappa shape index (κ3) is 4.99. The van der Waals surface area contributed by atoms with Crippen LogP contribution in [0.25, 0.3) is 0 Å². The summed E-state index contributed by atoms with van der Waals surface area (Å²) in [6.45, 7) is 8.58. The fourth-order valence-electron chi connectivity index (χ4n) is 8.83. The summed E-state index contributed by atoms with van der Waals surface area (Å²) in [5.74, 6) is -0.567. The summed E-state index contributed by atoms with van der Waals surface area (Å²) in [5.41, 5.74) is 4.75. The number of carbonyl (C=O) groups excluding carboxylic acids is 2. The van der Waals surface area contributed by atoms with Gasteiger partial charge in [-0.25, -0.2) is 4.79 Å². The highest BCUT2D eigenvalue weighted by Crippen LogP contribution is 2.56. The molecule has 4 heterocycles. The van der Waals surface area contributed by atoms with E-state index in [1.54, 1.807) is 0 Å². The molecule has 0 radical (unpaired) electrons. The maximum absolute atomic E-state index is 13.6. The van der Waals surface area contributed by atoms with Gasteiger partial charge >= 0.3 is 5.97 Å². The van der Waals surface area contributed by atoms with E-state index in [2.05, 4.69) is 5.32 Å². The van der Waals surface area contributed by atoms with Crippen LogP contribution in [0.1, 0.15) is 91.9 Å². The van der Waals surface area contributed by atoms with E-state index < -0.39 is 29.3 Å². The minimum atomic E-state index is -0.961. The number of Topliss-reactive ketones (excluding diaryl/α,β-unsaturated/α-hetero) is 1. The molecular formula is C30H48N2O7. The van der Waals surface area contributed by atoms with Gasteiger partial charge in [0.25, 0.3) is 0 Å². The lowest BCUT2D eigenvalue weighted by atomic mass is 9.66. The van der Waals surface area contributed by atoms with Crippen LogP contribution in [0.2, 0.25) is 0 Å². The Morgan fingerprint density at radius 3 is 2.59 bits per heavy atom. The van der Waals surface area contributed by atoms with E-state index in [9.17, 15) is 14.7 Å². The molecule has 6 rings (SSSR count). The third-order valence-corrected chi connectivity index (χ3v) is 11.2. The molecule has 6 fully saturated rings. The standard InChI is InChI=1S/C30H48N2O7/c1-16-11-19(33)25-21(36-16)14-20-18(26(25)34)13-22(28(2,3)38-20)37-27(35)29(4)23(39-29)15-30(8-5-6-9-30)17-7-10-32-24(31)12-17/h16-18,20-26,32,34H,5-15,31H2,1-4H3/t16?,17?,18?,20?,21?,22-,23-,24?,25?,26?,29+/m1/s1. The summed E-state index contributed by atoms with van der Waals surface area (Å²) >= 11 is 0. The molecule has 2 saturated carbocycles. The Morgan fingerprint density at radius 1 is 1.13 bits per heavy atom. The SMILES string of the molecule is CC1CC(=O)C2C(CC3OC(C)(C)[C@H](OC(=O)[C@@]4(C)O[C@@H]4CC4(C5CCNC(N)C5)CCCC4)CC3C2O)O1. The fraction of sp³-hybridized carbons (Fsp3) is 0.933. The third-order valence-electron chi connectivity index (χ3n) is 11.2. The molecule has 0 amide bonds. The van der Waals surface area contributed by atoms with Gasteiger partial charge in [-0.2, -0.15) is 0 Å². The number of nitrogens with two attached hydrogens (primary N) is 1. The molecule has 0 bridgehead atoms. The molecule has 220 valence electrons. The van der Waals surface area contributed by atoms with E-state index in [4.69, 9.17) is 24.7 Å². The van der Waals surface area contributed by atoms with Gasteiger partial charge < -0.3 is 35.1 Å². The summed E-state index contributed by atoms with van der Waals surface area (Å²) in [7, 11) is 0. The van der Waals surface area contributed by atoms with Crippen molar-refractivity contribution < 1.29 is 33.6 Å². The van der Waals surface area contributed by atoms with Gasteiger partial charge in [-0.15, -0.1) is 0 Å². The van der Waals surface area contributed by atoms with Crippen molar-refractivity contribution in [2.45, 2.75) is 146 Å². The minimum Gasteiger partial charge on any atom is -0.457 e. The van der Waals surface area contributed by atoms with Crippen LogP contribution in [0, 0.1) is 23.2 Å². The summed E-state index contributed by atoms with van der Waals surface area (Å²) in [5, 5.41) is 14.6. The number of hydrogen-bond donors (Lipinski definition) is 3. The molecule has 0 aromatic heterocycles. The van der Waals surface area contributed by atoms with Crippen LogP contribution in [-0.2, 0) is 28.5 Å². The maximum Gasteiger partial charge on any atom is 0.341 e. The number of nitrogens with one attached hydrogen (secondary N) is 1.